The maximum Gasteiger partial charge on any atom is 0.258 e. The number of nitrogens with one attached hydrogen (secondary N) is 1. The highest BCUT2D eigenvalue weighted by Crippen LogP contribution is 2.38. The third-order valence-corrected chi connectivity index (χ3v) is 6.95. The van der Waals surface area contributed by atoms with E-state index in [1.807, 2.05) is 23.2 Å². The van der Waals surface area contributed by atoms with Crippen LogP contribution in [0.5, 0.6) is 0 Å². The topological polar surface area (TPSA) is 52.9 Å². The van der Waals surface area contributed by atoms with Gasteiger partial charge in [-0.05, 0) is 49.6 Å². The van der Waals surface area contributed by atoms with Crippen LogP contribution in [0.3, 0.4) is 0 Å². The molecular formula is C23H23F2N5O. The highest BCUT2D eigenvalue weighted by Gasteiger charge is 2.41. The van der Waals surface area contributed by atoms with Crippen molar-refractivity contribution < 1.29 is 13.6 Å². The zero-order chi connectivity index (χ0) is 21.1. The van der Waals surface area contributed by atoms with Crippen molar-refractivity contribution in [3.8, 4) is 0 Å². The molecule has 2 bridgehead atoms. The van der Waals surface area contributed by atoms with E-state index in [1.54, 1.807) is 10.7 Å². The monoisotopic (exact) mass is 423 g/mol. The van der Waals surface area contributed by atoms with E-state index >= 15 is 0 Å². The number of piperazine rings is 1. The zero-order valence-electron chi connectivity index (χ0n) is 17.0. The first kappa shape index (κ1) is 18.7. The number of halogens is 2. The van der Waals surface area contributed by atoms with E-state index in [0.29, 0.717) is 17.2 Å². The first-order chi connectivity index (χ1) is 15.1. The maximum atomic E-state index is 14.5. The number of fused-ring (bicyclic) bond motifs is 3. The first-order valence-electron chi connectivity index (χ1n) is 10.8. The molecule has 31 heavy (non-hydrogen) atoms. The van der Waals surface area contributed by atoms with Gasteiger partial charge in [-0.1, -0.05) is 0 Å². The molecule has 3 saturated heterocycles. The molecule has 8 heteroatoms. The number of anilines is 1. The minimum absolute atomic E-state index is 0.00953. The van der Waals surface area contributed by atoms with Crippen molar-refractivity contribution >= 4 is 17.1 Å². The molecule has 1 amide bonds. The lowest BCUT2D eigenvalue weighted by atomic mass is 10.0. The Morgan fingerprint density at radius 3 is 2.90 bits per heavy atom. The van der Waals surface area contributed by atoms with Crippen LogP contribution >= 0.6 is 0 Å². The van der Waals surface area contributed by atoms with Crippen LogP contribution in [0.4, 0.5) is 14.5 Å². The van der Waals surface area contributed by atoms with Gasteiger partial charge in [0.1, 0.15) is 11.6 Å². The number of rotatable bonds is 3. The molecule has 1 N–H and O–H groups in total. The van der Waals surface area contributed by atoms with Crippen LogP contribution in [0.25, 0.3) is 5.52 Å². The average Bonchev–Trinajstić information content (AvgIpc) is 3.57. The van der Waals surface area contributed by atoms with Gasteiger partial charge in [0.05, 0.1) is 23.3 Å². The molecule has 0 spiro atoms. The van der Waals surface area contributed by atoms with Crippen LogP contribution in [0.2, 0.25) is 0 Å². The molecule has 3 aliphatic rings. The Bertz CT molecular complexity index is 1180. The number of pyridine rings is 1. The standard InChI is InChI=1S/C23H23F2N5O/c24-14-3-4-20(25)18(8-14)21-2-1-6-28(21)16-5-7-30-22(10-16)19(12-27-30)23(31)29-13-15-9-17(29)11-26-15/h3-5,7-8,10,12,15,17,21,26H,1-2,6,9,11,13H2/t15?,17?,21-/m1/s1. The van der Waals surface area contributed by atoms with Crippen LogP contribution in [0, 0.1) is 11.6 Å². The van der Waals surface area contributed by atoms with Crippen LogP contribution in [0.15, 0.2) is 42.7 Å². The van der Waals surface area contributed by atoms with Crippen molar-refractivity contribution in [1.82, 2.24) is 19.8 Å². The van der Waals surface area contributed by atoms with E-state index in [2.05, 4.69) is 15.3 Å². The smallest absolute Gasteiger partial charge is 0.258 e. The number of hydrogen-bond donors (Lipinski definition) is 1. The van der Waals surface area contributed by atoms with E-state index in [1.165, 1.54) is 12.1 Å². The number of likely N-dealkylation sites (tertiary alicyclic amines) is 1. The van der Waals surface area contributed by atoms with Gasteiger partial charge < -0.3 is 15.1 Å². The van der Waals surface area contributed by atoms with Gasteiger partial charge in [0.15, 0.2) is 0 Å². The highest BCUT2D eigenvalue weighted by atomic mass is 19.1. The summed E-state index contributed by atoms with van der Waals surface area (Å²) in [5.74, 6) is -0.815. The minimum Gasteiger partial charge on any atom is -0.364 e. The number of amides is 1. The second-order valence-corrected chi connectivity index (χ2v) is 8.74. The fourth-order valence-electron chi connectivity index (χ4n) is 5.45. The van der Waals surface area contributed by atoms with Crippen molar-refractivity contribution in [2.45, 2.75) is 37.4 Å². The van der Waals surface area contributed by atoms with E-state index in [-0.39, 0.29) is 18.0 Å². The van der Waals surface area contributed by atoms with Gasteiger partial charge in [0, 0.05) is 49.2 Å². The molecule has 3 aliphatic heterocycles. The second kappa shape index (κ2) is 7.02. The number of carbonyl (C=O) groups excluding carboxylic acids is 1. The molecule has 5 heterocycles. The molecule has 0 aliphatic carbocycles. The summed E-state index contributed by atoms with van der Waals surface area (Å²) in [5, 5.41) is 7.79. The van der Waals surface area contributed by atoms with Gasteiger partial charge in [-0.3, -0.25) is 4.79 Å². The number of aromatic nitrogens is 2. The van der Waals surface area contributed by atoms with Gasteiger partial charge >= 0.3 is 0 Å². The van der Waals surface area contributed by atoms with Gasteiger partial charge in [-0.2, -0.15) is 5.10 Å². The SMILES string of the molecule is O=C(c1cnn2ccc(N3CCC[C@@H]3c3cc(F)ccc3F)cc12)N1CC2CC1CN2. The van der Waals surface area contributed by atoms with Crippen LogP contribution in [-0.4, -0.2) is 52.1 Å². The van der Waals surface area contributed by atoms with Crippen LogP contribution in [0.1, 0.15) is 41.2 Å². The lowest BCUT2D eigenvalue weighted by Gasteiger charge is -2.28. The predicted octanol–water partition coefficient (Wildman–Crippen LogP) is 3.14. The predicted molar refractivity (Wildman–Crippen MR) is 112 cm³/mol. The maximum absolute atomic E-state index is 14.5. The van der Waals surface area contributed by atoms with Crippen molar-refractivity contribution in [1.29, 1.82) is 0 Å². The lowest BCUT2D eigenvalue weighted by molar-refractivity contribution is 0.0718. The summed E-state index contributed by atoms with van der Waals surface area (Å²) in [6.07, 6.45) is 6.11. The van der Waals surface area contributed by atoms with E-state index in [9.17, 15) is 13.6 Å². The van der Waals surface area contributed by atoms with Crippen LogP contribution in [-0.2, 0) is 0 Å². The Labute approximate surface area is 178 Å². The summed E-state index contributed by atoms with van der Waals surface area (Å²) in [5.41, 5.74) is 2.59. The first-order valence-corrected chi connectivity index (χ1v) is 10.8. The molecule has 2 unspecified atom stereocenters. The molecule has 6 nitrogen and oxygen atoms in total. The molecule has 3 aromatic rings. The second-order valence-electron chi connectivity index (χ2n) is 8.74. The van der Waals surface area contributed by atoms with Gasteiger partial charge in [0.25, 0.3) is 5.91 Å². The summed E-state index contributed by atoms with van der Waals surface area (Å²) in [7, 11) is 0. The fraction of sp³-hybridized carbons (Fsp3) is 0.391. The largest absolute Gasteiger partial charge is 0.364 e. The van der Waals surface area contributed by atoms with E-state index in [4.69, 9.17) is 0 Å². The number of carbonyl (C=O) groups is 1. The van der Waals surface area contributed by atoms with Crippen LogP contribution < -0.4 is 10.2 Å². The van der Waals surface area contributed by atoms with Crippen molar-refractivity contribution in [2.24, 2.45) is 0 Å². The Morgan fingerprint density at radius 2 is 2.10 bits per heavy atom. The highest BCUT2D eigenvalue weighted by molar-refractivity contribution is 6.01. The van der Waals surface area contributed by atoms with E-state index in [0.717, 1.165) is 56.2 Å². The van der Waals surface area contributed by atoms with Gasteiger partial charge in [0.2, 0.25) is 0 Å². The third-order valence-electron chi connectivity index (χ3n) is 6.95. The molecule has 2 aromatic heterocycles. The van der Waals surface area contributed by atoms with E-state index < -0.39 is 11.6 Å². The average molecular weight is 423 g/mol. The Morgan fingerprint density at radius 1 is 1.19 bits per heavy atom. The van der Waals surface area contributed by atoms with Gasteiger partial charge in [-0.25, -0.2) is 13.3 Å². The summed E-state index contributed by atoms with van der Waals surface area (Å²) in [6, 6.07) is 7.90. The summed E-state index contributed by atoms with van der Waals surface area (Å²) in [6.45, 7) is 2.32. The molecule has 1 aromatic carbocycles. The molecule has 0 radical (unpaired) electrons. The molecule has 160 valence electrons. The number of hydrogen-bond acceptors (Lipinski definition) is 4. The third kappa shape index (κ3) is 3.00. The Balaban J connectivity index is 1.35. The number of nitrogens with zero attached hydrogens (tertiary/aromatic N) is 4. The number of benzene rings is 1. The Kier molecular flexibility index (Phi) is 4.24. The molecular weight excluding hydrogens is 400 g/mol. The van der Waals surface area contributed by atoms with Crippen molar-refractivity contribution in [2.75, 3.05) is 24.5 Å². The summed E-state index contributed by atoms with van der Waals surface area (Å²) >= 11 is 0. The lowest BCUT2D eigenvalue weighted by Crippen LogP contribution is -2.46. The molecule has 0 saturated carbocycles. The zero-order valence-corrected chi connectivity index (χ0v) is 17.0. The quantitative estimate of drug-likeness (QED) is 0.703. The van der Waals surface area contributed by atoms with Gasteiger partial charge in [-0.15, -0.1) is 0 Å². The minimum atomic E-state index is -0.434. The fourth-order valence-corrected chi connectivity index (χ4v) is 5.45. The van der Waals surface area contributed by atoms with Crippen molar-refractivity contribution in [3.05, 3.63) is 65.5 Å². The van der Waals surface area contributed by atoms with Crippen molar-refractivity contribution in [3.63, 3.8) is 0 Å². The summed E-state index contributed by atoms with van der Waals surface area (Å²) < 4.78 is 30.0. The normalized spacial score (nSPS) is 25.2. The molecule has 6 rings (SSSR count). The Hall–Kier alpha value is -3.00. The molecule has 3 fully saturated rings. The summed E-state index contributed by atoms with van der Waals surface area (Å²) in [4.78, 5) is 17.3. The molecule has 3 atom stereocenters.